The van der Waals surface area contributed by atoms with Crippen molar-refractivity contribution in [3.05, 3.63) is 83.4 Å². The summed E-state index contributed by atoms with van der Waals surface area (Å²) in [5.74, 6) is -0.417. The number of benzene rings is 3. The lowest BCUT2D eigenvalue weighted by Gasteiger charge is -2.20. The van der Waals surface area contributed by atoms with Crippen LogP contribution in [0.2, 0.25) is 0 Å². The Bertz CT molecular complexity index is 1380. The van der Waals surface area contributed by atoms with Gasteiger partial charge in [0.15, 0.2) is 0 Å². The highest BCUT2D eigenvalue weighted by Gasteiger charge is 2.21. The molecule has 1 amide bonds. The zero-order chi connectivity index (χ0) is 24.4. The molecule has 0 atom stereocenters. The fraction of sp³-hybridized carbons (Fsp3) is 0.174. The first-order chi connectivity index (χ1) is 15.4. The smallest absolute Gasteiger partial charge is 0.264 e. The molecule has 8 nitrogen and oxygen atoms in total. The van der Waals surface area contributed by atoms with E-state index in [2.05, 4.69) is 10.0 Å². The number of amides is 1. The van der Waals surface area contributed by atoms with Crippen LogP contribution >= 0.6 is 0 Å². The summed E-state index contributed by atoms with van der Waals surface area (Å²) in [5.41, 5.74) is 3.18. The van der Waals surface area contributed by atoms with Gasteiger partial charge in [-0.05, 0) is 67.9 Å². The van der Waals surface area contributed by atoms with Crippen molar-refractivity contribution in [3.63, 3.8) is 0 Å². The van der Waals surface area contributed by atoms with Gasteiger partial charge in [0, 0.05) is 18.3 Å². The first-order valence-electron chi connectivity index (χ1n) is 9.92. The Balaban J connectivity index is 1.77. The highest BCUT2D eigenvalue weighted by atomic mass is 32.2. The molecule has 0 aliphatic heterocycles. The van der Waals surface area contributed by atoms with Crippen molar-refractivity contribution in [2.45, 2.75) is 18.7 Å². The number of rotatable bonds is 7. The van der Waals surface area contributed by atoms with Crippen LogP contribution in [0.5, 0.6) is 0 Å². The summed E-state index contributed by atoms with van der Waals surface area (Å²) in [5, 5.41) is 2.72. The van der Waals surface area contributed by atoms with Crippen LogP contribution in [0.1, 0.15) is 21.5 Å². The number of sulfonamides is 2. The zero-order valence-corrected chi connectivity index (χ0v) is 20.3. The molecule has 0 aliphatic carbocycles. The first kappa shape index (κ1) is 24.3. The van der Waals surface area contributed by atoms with E-state index in [0.717, 1.165) is 16.1 Å². The van der Waals surface area contributed by atoms with Crippen molar-refractivity contribution in [1.82, 2.24) is 0 Å². The van der Waals surface area contributed by atoms with Gasteiger partial charge in [0.05, 0.1) is 22.5 Å². The molecule has 174 valence electrons. The summed E-state index contributed by atoms with van der Waals surface area (Å²) >= 11 is 0. The van der Waals surface area contributed by atoms with Crippen LogP contribution in [0.4, 0.5) is 17.1 Å². The van der Waals surface area contributed by atoms with Gasteiger partial charge in [-0.3, -0.25) is 13.8 Å². The number of carbonyl (C=O) groups is 1. The summed E-state index contributed by atoms with van der Waals surface area (Å²) in [4.78, 5) is 12.8. The molecule has 0 heterocycles. The van der Waals surface area contributed by atoms with E-state index in [9.17, 15) is 21.6 Å². The van der Waals surface area contributed by atoms with Gasteiger partial charge in [-0.15, -0.1) is 0 Å². The van der Waals surface area contributed by atoms with Crippen LogP contribution in [-0.4, -0.2) is 36.0 Å². The second-order valence-corrected chi connectivity index (χ2v) is 11.4. The maximum absolute atomic E-state index is 12.9. The lowest BCUT2D eigenvalue weighted by molar-refractivity contribution is 0.102. The molecule has 3 aromatic rings. The molecule has 2 N–H and O–H groups in total. The molecule has 0 radical (unpaired) electrons. The van der Waals surface area contributed by atoms with Crippen LogP contribution in [0.15, 0.2) is 71.6 Å². The molecule has 3 rings (SSSR count). The quantitative estimate of drug-likeness (QED) is 0.527. The van der Waals surface area contributed by atoms with Crippen molar-refractivity contribution in [3.8, 4) is 0 Å². The number of nitrogens with zero attached hydrogens (tertiary/aromatic N) is 1. The van der Waals surface area contributed by atoms with Gasteiger partial charge in [0.2, 0.25) is 10.0 Å². The van der Waals surface area contributed by atoms with Crippen LogP contribution in [-0.2, 0) is 20.0 Å². The average molecular weight is 488 g/mol. The van der Waals surface area contributed by atoms with Gasteiger partial charge in [0.25, 0.3) is 15.9 Å². The minimum absolute atomic E-state index is 0.176. The largest absolute Gasteiger partial charge is 0.322 e. The van der Waals surface area contributed by atoms with E-state index in [1.165, 1.54) is 25.2 Å². The van der Waals surface area contributed by atoms with Gasteiger partial charge < -0.3 is 5.32 Å². The van der Waals surface area contributed by atoms with E-state index >= 15 is 0 Å². The number of anilines is 3. The van der Waals surface area contributed by atoms with Crippen molar-refractivity contribution < 1.29 is 21.6 Å². The summed E-state index contributed by atoms with van der Waals surface area (Å²) in [6.45, 7) is 3.63. The second-order valence-electron chi connectivity index (χ2n) is 7.69. The predicted octanol–water partition coefficient (Wildman–Crippen LogP) is 3.75. The van der Waals surface area contributed by atoms with E-state index in [4.69, 9.17) is 0 Å². The maximum Gasteiger partial charge on any atom is 0.264 e. The van der Waals surface area contributed by atoms with Gasteiger partial charge >= 0.3 is 0 Å². The van der Waals surface area contributed by atoms with Gasteiger partial charge in [-0.2, -0.15) is 0 Å². The Morgan fingerprint density at radius 1 is 0.848 bits per heavy atom. The van der Waals surface area contributed by atoms with E-state index < -0.39 is 26.0 Å². The minimum Gasteiger partial charge on any atom is -0.322 e. The Hall–Kier alpha value is -3.37. The Morgan fingerprint density at radius 2 is 1.45 bits per heavy atom. The normalized spacial score (nSPS) is 11.6. The molecule has 10 heteroatoms. The van der Waals surface area contributed by atoms with Crippen molar-refractivity contribution >= 4 is 43.0 Å². The molecule has 0 fully saturated rings. The topological polar surface area (TPSA) is 113 Å². The van der Waals surface area contributed by atoms with E-state index in [1.807, 2.05) is 6.92 Å². The van der Waals surface area contributed by atoms with Crippen LogP contribution < -0.4 is 14.3 Å². The molecule has 0 spiro atoms. The fourth-order valence-corrected chi connectivity index (χ4v) is 4.86. The van der Waals surface area contributed by atoms with Crippen LogP contribution in [0.25, 0.3) is 0 Å². The molecule has 33 heavy (non-hydrogen) atoms. The molecule has 0 aromatic heterocycles. The van der Waals surface area contributed by atoms with E-state index in [-0.39, 0.29) is 4.90 Å². The van der Waals surface area contributed by atoms with Gasteiger partial charge in [0.1, 0.15) is 0 Å². The third-order valence-electron chi connectivity index (χ3n) is 4.96. The molecule has 0 saturated heterocycles. The Labute approximate surface area is 194 Å². The highest BCUT2D eigenvalue weighted by molar-refractivity contribution is 7.92. The zero-order valence-electron chi connectivity index (χ0n) is 18.7. The molecule has 0 unspecified atom stereocenters. The van der Waals surface area contributed by atoms with Gasteiger partial charge in [-0.25, -0.2) is 16.8 Å². The number of aryl methyl sites for hydroxylation is 2. The highest BCUT2D eigenvalue weighted by Crippen LogP contribution is 2.24. The average Bonchev–Trinajstić information content (AvgIpc) is 2.75. The molecule has 0 aliphatic rings. The summed E-state index contributed by atoms with van der Waals surface area (Å²) in [7, 11) is -5.75. The maximum atomic E-state index is 12.9. The number of hydrogen-bond donors (Lipinski definition) is 2. The number of nitrogens with one attached hydrogen (secondary N) is 2. The van der Waals surface area contributed by atoms with Crippen molar-refractivity contribution in [2.24, 2.45) is 0 Å². The summed E-state index contributed by atoms with van der Waals surface area (Å²) < 4.78 is 52.3. The van der Waals surface area contributed by atoms with Gasteiger partial charge in [-0.1, -0.05) is 23.8 Å². The summed E-state index contributed by atoms with van der Waals surface area (Å²) in [6, 6.07) is 17.6. The third-order valence-corrected chi connectivity index (χ3v) is 7.35. The molecule has 3 aromatic carbocycles. The lowest BCUT2D eigenvalue weighted by atomic mass is 10.1. The lowest BCUT2D eigenvalue weighted by Crippen LogP contribution is -2.26. The minimum atomic E-state index is -3.74. The van der Waals surface area contributed by atoms with Crippen LogP contribution in [0, 0.1) is 13.8 Å². The first-order valence-corrected chi connectivity index (χ1v) is 13.3. The molecular formula is C23H25N3O5S2. The second kappa shape index (κ2) is 9.24. The van der Waals surface area contributed by atoms with Crippen molar-refractivity contribution in [2.75, 3.05) is 27.6 Å². The SMILES string of the molecule is Cc1ccc(S(=O)(=O)N(C)c2ccc(C(=O)Nc3ccc(C)c(NS(C)(=O)=O)c3)cc2)cc1. The van der Waals surface area contributed by atoms with Crippen molar-refractivity contribution in [1.29, 1.82) is 0 Å². The molecule has 0 saturated carbocycles. The standard InChI is InChI=1S/C23H25N3O5S2/c1-16-5-13-21(14-6-16)33(30,31)26(3)20-11-8-18(9-12-20)23(27)24-19-10-7-17(2)22(15-19)25-32(4,28)29/h5-15,25H,1-4H3,(H,24,27). The number of carbonyl (C=O) groups excluding carboxylic acids is 1. The fourth-order valence-electron chi connectivity index (χ4n) is 3.04. The molecule has 0 bridgehead atoms. The monoisotopic (exact) mass is 487 g/mol. The Kier molecular flexibility index (Phi) is 6.80. The molecular weight excluding hydrogens is 462 g/mol. The predicted molar refractivity (Wildman–Crippen MR) is 131 cm³/mol. The van der Waals surface area contributed by atoms with E-state index in [1.54, 1.807) is 55.5 Å². The Morgan fingerprint density at radius 3 is 2.03 bits per heavy atom. The third kappa shape index (κ3) is 5.91. The number of hydrogen-bond acceptors (Lipinski definition) is 5. The van der Waals surface area contributed by atoms with Crippen LogP contribution in [0.3, 0.4) is 0 Å². The summed E-state index contributed by atoms with van der Waals surface area (Å²) in [6.07, 6.45) is 1.05. The van der Waals surface area contributed by atoms with E-state index in [0.29, 0.717) is 28.2 Å².